The molecule has 1 rings (SSSR count). The minimum atomic E-state index is -0.757. The number of halogens is 2. The summed E-state index contributed by atoms with van der Waals surface area (Å²) < 4.78 is 13.2. The molecular formula is C9H10ClFOS. The normalized spacial score (nSPS) is 12.9. The number of aliphatic hydroxyl groups excluding tert-OH is 1. The van der Waals surface area contributed by atoms with Gasteiger partial charge in [0.15, 0.2) is 0 Å². The molecule has 0 saturated heterocycles. The van der Waals surface area contributed by atoms with Gasteiger partial charge in [-0.15, -0.1) is 0 Å². The number of rotatable bonds is 3. The van der Waals surface area contributed by atoms with Crippen molar-refractivity contribution in [2.75, 3.05) is 12.0 Å². The van der Waals surface area contributed by atoms with Crippen molar-refractivity contribution in [3.8, 4) is 0 Å². The highest BCUT2D eigenvalue weighted by atomic mass is 35.5. The second-order valence-corrected chi connectivity index (χ2v) is 3.98. The lowest BCUT2D eigenvalue weighted by Crippen LogP contribution is -2.02. The molecule has 72 valence electrons. The molecule has 13 heavy (non-hydrogen) atoms. The topological polar surface area (TPSA) is 20.2 Å². The SMILES string of the molecule is CSCC(O)c1ccc(Cl)cc1F. The number of benzene rings is 1. The van der Waals surface area contributed by atoms with Gasteiger partial charge in [-0.2, -0.15) is 11.8 Å². The molecule has 0 saturated carbocycles. The van der Waals surface area contributed by atoms with Crippen molar-refractivity contribution >= 4 is 23.4 Å². The van der Waals surface area contributed by atoms with Crippen LogP contribution in [0.3, 0.4) is 0 Å². The molecule has 0 aliphatic carbocycles. The third-order valence-corrected chi connectivity index (χ3v) is 2.53. The van der Waals surface area contributed by atoms with Crippen LogP contribution in [0.4, 0.5) is 4.39 Å². The van der Waals surface area contributed by atoms with E-state index in [0.29, 0.717) is 16.3 Å². The van der Waals surface area contributed by atoms with Gasteiger partial charge in [0.05, 0.1) is 6.10 Å². The first-order valence-electron chi connectivity index (χ1n) is 3.77. The van der Waals surface area contributed by atoms with Crippen LogP contribution in [0.1, 0.15) is 11.7 Å². The molecule has 0 amide bonds. The molecule has 0 radical (unpaired) electrons. The second-order valence-electron chi connectivity index (χ2n) is 2.64. The molecule has 1 aromatic rings. The van der Waals surface area contributed by atoms with Crippen LogP contribution in [0.5, 0.6) is 0 Å². The van der Waals surface area contributed by atoms with Gasteiger partial charge in [0.2, 0.25) is 0 Å². The molecule has 0 spiro atoms. The van der Waals surface area contributed by atoms with Crippen LogP contribution in [0, 0.1) is 5.82 Å². The van der Waals surface area contributed by atoms with Gasteiger partial charge in [-0.05, 0) is 18.4 Å². The fourth-order valence-electron chi connectivity index (χ4n) is 1.02. The van der Waals surface area contributed by atoms with E-state index in [1.54, 1.807) is 6.07 Å². The molecule has 1 unspecified atom stereocenters. The maximum atomic E-state index is 13.2. The summed E-state index contributed by atoms with van der Waals surface area (Å²) in [6.45, 7) is 0. The van der Waals surface area contributed by atoms with E-state index in [4.69, 9.17) is 11.6 Å². The first-order chi connectivity index (χ1) is 6.15. The van der Waals surface area contributed by atoms with Gasteiger partial charge in [0.1, 0.15) is 5.82 Å². The van der Waals surface area contributed by atoms with Gasteiger partial charge in [-0.3, -0.25) is 0 Å². The van der Waals surface area contributed by atoms with E-state index in [2.05, 4.69) is 0 Å². The fraction of sp³-hybridized carbons (Fsp3) is 0.333. The molecule has 1 aromatic carbocycles. The maximum Gasteiger partial charge on any atom is 0.130 e. The quantitative estimate of drug-likeness (QED) is 0.846. The van der Waals surface area contributed by atoms with Gasteiger partial charge in [0, 0.05) is 16.3 Å². The summed E-state index contributed by atoms with van der Waals surface area (Å²) in [5, 5.41) is 9.83. The minimum Gasteiger partial charge on any atom is -0.387 e. The Balaban J connectivity index is 2.88. The van der Waals surface area contributed by atoms with Gasteiger partial charge in [-0.25, -0.2) is 4.39 Å². The number of thioether (sulfide) groups is 1. The van der Waals surface area contributed by atoms with Crippen molar-refractivity contribution in [2.24, 2.45) is 0 Å². The molecule has 0 fully saturated rings. The van der Waals surface area contributed by atoms with E-state index in [9.17, 15) is 9.50 Å². The van der Waals surface area contributed by atoms with Crippen molar-refractivity contribution in [2.45, 2.75) is 6.10 Å². The van der Waals surface area contributed by atoms with E-state index in [0.717, 1.165) is 0 Å². The lowest BCUT2D eigenvalue weighted by Gasteiger charge is -2.10. The van der Waals surface area contributed by atoms with Gasteiger partial charge in [0.25, 0.3) is 0 Å². The van der Waals surface area contributed by atoms with Crippen LogP contribution in [-0.4, -0.2) is 17.1 Å². The Morgan fingerprint density at radius 1 is 1.62 bits per heavy atom. The third-order valence-electron chi connectivity index (χ3n) is 1.65. The second kappa shape index (κ2) is 4.84. The highest BCUT2D eigenvalue weighted by Gasteiger charge is 2.11. The minimum absolute atomic E-state index is 0.304. The number of aliphatic hydroxyl groups is 1. The largest absolute Gasteiger partial charge is 0.387 e. The number of hydrogen-bond acceptors (Lipinski definition) is 2. The van der Waals surface area contributed by atoms with E-state index in [-0.39, 0.29) is 0 Å². The summed E-state index contributed by atoms with van der Waals surface area (Å²) in [6, 6.07) is 4.29. The zero-order valence-corrected chi connectivity index (χ0v) is 8.70. The Kier molecular flexibility index (Phi) is 4.03. The first kappa shape index (κ1) is 10.8. The van der Waals surface area contributed by atoms with Crippen LogP contribution >= 0.6 is 23.4 Å². The average molecular weight is 221 g/mol. The van der Waals surface area contributed by atoms with Crippen LogP contribution in [-0.2, 0) is 0 Å². The summed E-state index contributed by atoms with van der Waals surface area (Å²) in [5.74, 6) is 0.0347. The maximum absolute atomic E-state index is 13.2. The van der Waals surface area contributed by atoms with Crippen LogP contribution in [0.15, 0.2) is 18.2 Å². The van der Waals surface area contributed by atoms with Crippen molar-refractivity contribution in [3.05, 3.63) is 34.6 Å². The molecule has 4 heteroatoms. The molecule has 0 aliphatic heterocycles. The highest BCUT2D eigenvalue weighted by Crippen LogP contribution is 2.22. The lowest BCUT2D eigenvalue weighted by molar-refractivity contribution is 0.199. The molecular weight excluding hydrogens is 211 g/mol. The molecule has 0 aliphatic rings. The van der Waals surface area contributed by atoms with Gasteiger partial charge < -0.3 is 5.11 Å². The Hall–Kier alpha value is -0.250. The van der Waals surface area contributed by atoms with Crippen LogP contribution in [0.25, 0.3) is 0 Å². The van der Waals surface area contributed by atoms with Crippen LogP contribution < -0.4 is 0 Å². The van der Waals surface area contributed by atoms with Crippen molar-refractivity contribution in [1.29, 1.82) is 0 Å². The Morgan fingerprint density at radius 2 is 2.31 bits per heavy atom. The standard InChI is InChI=1S/C9H10ClFOS/c1-13-5-9(12)7-3-2-6(10)4-8(7)11/h2-4,9,12H,5H2,1H3. The van der Waals surface area contributed by atoms with E-state index in [1.165, 1.54) is 23.9 Å². The summed E-state index contributed by atoms with van der Waals surface area (Å²) >= 11 is 7.04. The molecule has 0 heterocycles. The van der Waals surface area contributed by atoms with E-state index < -0.39 is 11.9 Å². The number of hydrogen-bond donors (Lipinski definition) is 1. The lowest BCUT2D eigenvalue weighted by atomic mass is 10.1. The zero-order chi connectivity index (χ0) is 9.84. The molecule has 0 bridgehead atoms. The van der Waals surface area contributed by atoms with Crippen molar-refractivity contribution < 1.29 is 9.50 Å². The Morgan fingerprint density at radius 3 is 2.85 bits per heavy atom. The average Bonchev–Trinajstić information content (AvgIpc) is 2.04. The summed E-state index contributed by atoms with van der Waals surface area (Å²) in [7, 11) is 0. The van der Waals surface area contributed by atoms with E-state index in [1.807, 2.05) is 6.26 Å². The summed E-state index contributed by atoms with van der Waals surface area (Å²) in [5.41, 5.74) is 0.304. The molecule has 1 N–H and O–H groups in total. The molecule has 1 atom stereocenters. The Bertz CT molecular complexity index is 293. The first-order valence-corrected chi connectivity index (χ1v) is 5.54. The fourth-order valence-corrected chi connectivity index (χ4v) is 1.67. The zero-order valence-electron chi connectivity index (χ0n) is 7.13. The highest BCUT2D eigenvalue weighted by molar-refractivity contribution is 7.98. The molecule has 0 aromatic heterocycles. The van der Waals surface area contributed by atoms with Gasteiger partial charge in [-0.1, -0.05) is 17.7 Å². The Labute approximate surface area is 85.9 Å². The van der Waals surface area contributed by atoms with Crippen molar-refractivity contribution in [1.82, 2.24) is 0 Å². The summed E-state index contributed by atoms with van der Waals surface area (Å²) in [6.07, 6.45) is 1.10. The van der Waals surface area contributed by atoms with E-state index >= 15 is 0 Å². The summed E-state index contributed by atoms with van der Waals surface area (Å²) in [4.78, 5) is 0. The predicted molar refractivity (Wildman–Crippen MR) is 54.8 cm³/mol. The van der Waals surface area contributed by atoms with Gasteiger partial charge >= 0.3 is 0 Å². The predicted octanol–water partition coefficient (Wildman–Crippen LogP) is 2.88. The smallest absolute Gasteiger partial charge is 0.130 e. The van der Waals surface area contributed by atoms with Crippen molar-refractivity contribution in [3.63, 3.8) is 0 Å². The monoisotopic (exact) mass is 220 g/mol. The third kappa shape index (κ3) is 2.86. The van der Waals surface area contributed by atoms with Crippen LogP contribution in [0.2, 0.25) is 5.02 Å². The molecule has 1 nitrogen and oxygen atoms in total.